The minimum Gasteiger partial charge on any atom is -0.468 e. The molecule has 2 aromatic heterocycles. The molecule has 2 aromatic rings. The van der Waals surface area contributed by atoms with Crippen LogP contribution in [0.3, 0.4) is 0 Å². The van der Waals surface area contributed by atoms with Crippen molar-refractivity contribution in [2.75, 3.05) is 46.3 Å². The van der Waals surface area contributed by atoms with Gasteiger partial charge in [-0.15, -0.1) is 11.3 Å². The summed E-state index contributed by atoms with van der Waals surface area (Å²) < 4.78 is 5.73. The lowest BCUT2D eigenvalue weighted by Gasteiger charge is -2.32. The second kappa shape index (κ2) is 11.0. The van der Waals surface area contributed by atoms with Gasteiger partial charge in [-0.05, 0) is 81.4 Å². The highest BCUT2D eigenvalue weighted by molar-refractivity contribution is 7.09. The maximum atomic E-state index is 5.73. The maximum Gasteiger partial charge on any atom is 0.191 e. The van der Waals surface area contributed by atoms with Crippen molar-refractivity contribution in [3.63, 3.8) is 0 Å². The molecule has 7 heteroatoms. The van der Waals surface area contributed by atoms with Crippen molar-refractivity contribution < 1.29 is 4.42 Å². The highest BCUT2D eigenvalue weighted by Crippen LogP contribution is 2.25. The average molecular weight is 430 g/mol. The molecule has 4 rings (SSSR count). The molecule has 0 saturated carbocycles. The third-order valence-electron chi connectivity index (χ3n) is 6.36. The molecule has 2 fully saturated rings. The molecule has 4 heterocycles. The number of thiophene rings is 1. The molecule has 0 radical (unpaired) electrons. The van der Waals surface area contributed by atoms with Crippen LogP contribution in [-0.2, 0) is 6.54 Å². The Morgan fingerprint density at radius 1 is 1.17 bits per heavy atom. The van der Waals surface area contributed by atoms with Crippen molar-refractivity contribution in [3.05, 3.63) is 46.5 Å². The van der Waals surface area contributed by atoms with E-state index in [2.05, 4.69) is 49.0 Å². The first kappa shape index (κ1) is 21.4. The average Bonchev–Trinajstić information content (AvgIpc) is 3.56. The molecule has 1 atom stereocenters. The summed E-state index contributed by atoms with van der Waals surface area (Å²) in [5.41, 5.74) is 0. The maximum absolute atomic E-state index is 5.73. The van der Waals surface area contributed by atoms with E-state index in [0.717, 1.165) is 44.4 Å². The first-order valence-electron chi connectivity index (χ1n) is 11.3. The molecule has 1 unspecified atom stereocenters. The van der Waals surface area contributed by atoms with Crippen molar-refractivity contribution in [3.8, 4) is 0 Å². The van der Waals surface area contributed by atoms with Gasteiger partial charge >= 0.3 is 0 Å². The Labute approximate surface area is 184 Å². The third-order valence-corrected chi connectivity index (χ3v) is 7.23. The van der Waals surface area contributed by atoms with Crippen LogP contribution in [0.15, 0.2) is 45.3 Å². The van der Waals surface area contributed by atoms with Gasteiger partial charge in [0.2, 0.25) is 0 Å². The van der Waals surface area contributed by atoms with E-state index in [1.807, 2.05) is 24.5 Å². The number of nitrogens with zero attached hydrogens (tertiary/aromatic N) is 3. The van der Waals surface area contributed by atoms with Crippen LogP contribution < -0.4 is 10.6 Å². The molecule has 30 heavy (non-hydrogen) atoms. The Bertz CT molecular complexity index is 747. The number of hydrogen-bond acceptors (Lipinski definition) is 5. The van der Waals surface area contributed by atoms with Gasteiger partial charge in [-0.1, -0.05) is 6.07 Å². The fraction of sp³-hybridized carbons (Fsp3) is 0.609. The molecule has 0 aromatic carbocycles. The monoisotopic (exact) mass is 429 g/mol. The number of guanidine groups is 1. The topological polar surface area (TPSA) is 56.0 Å². The zero-order valence-corrected chi connectivity index (χ0v) is 18.9. The van der Waals surface area contributed by atoms with Crippen LogP contribution in [0.2, 0.25) is 0 Å². The Morgan fingerprint density at radius 2 is 2.00 bits per heavy atom. The van der Waals surface area contributed by atoms with Gasteiger partial charge in [0, 0.05) is 31.6 Å². The summed E-state index contributed by atoms with van der Waals surface area (Å²) in [6.45, 7) is 7.56. The SMILES string of the molecule is CN=C(NCC1CCN(Cc2cccs2)CC1)NCC(c1ccco1)N1CCCC1. The lowest BCUT2D eigenvalue weighted by Crippen LogP contribution is -2.45. The van der Waals surface area contributed by atoms with Gasteiger partial charge in [0.05, 0.1) is 12.3 Å². The minimum atomic E-state index is 0.265. The van der Waals surface area contributed by atoms with Gasteiger partial charge in [0.1, 0.15) is 5.76 Å². The third kappa shape index (κ3) is 5.86. The molecule has 0 spiro atoms. The molecule has 2 aliphatic rings. The largest absolute Gasteiger partial charge is 0.468 e. The molecular formula is C23H35N5OS. The van der Waals surface area contributed by atoms with Crippen LogP contribution in [0.1, 0.15) is 42.4 Å². The summed E-state index contributed by atoms with van der Waals surface area (Å²) in [5, 5.41) is 9.28. The van der Waals surface area contributed by atoms with Gasteiger partial charge < -0.3 is 15.1 Å². The van der Waals surface area contributed by atoms with Gasteiger partial charge in [-0.3, -0.25) is 14.8 Å². The standard InChI is InChI=1S/C23H35N5OS/c1-24-23(26-17-21(22-7-4-14-29-22)28-10-2-3-11-28)25-16-19-8-12-27(13-9-19)18-20-6-5-15-30-20/h4-7,14-15,19,21H,2-3,8-13,16-18H2,1H3,(H2,24,25,26). The second-order valence-corrected chi connectivity index (χ2v) is 9.44. The van der Waals surface area contributed by atoms with E-state index in [0.29, 0.717) is 5.92 Å². The predicted octanol–water partition coefficient (Wildman–Crippen LogP) is 3.56. The van der Waals surface area contributed by atoms with E-state index in [9.17, 15) is 0 Å². The van der Waals surface area contributed by atoms with Crippen molar-refractivity contribution >= 4 is 17.3 Å². The second-order valence-electron chi connectivity index (χ2n) is 8.41. The molecule has 0 amide bonds. The van der Waals surface area contributed by atoms with Crippen LogP contribution >= 0.6 is 11.3 Å². The highest BCUT2D eigenvalue weighted by Gasteiger charge is 2.26. The van der Waals surface area contributed by atoms with E-state index < -0.39 is 0 Å². The van der Waals surface area contributed by atoms with Crippen LogP contribution in [0, 0.1) is 5.92 Å². The summed E-state index contributed by atoms with van der Waals surface area (Å²) in [7, 11) is 1.86. The molecule has 0 bridgehead atoms. The van der Waals surface area contributed by atoms with E-state index in [1.165, 1.54) is 43.6 Å². The summed E-state index contributed by atoms with van der Waals surface area (Å²) in [6.07, 6.45) is 6.82. The Morgan fingerprint density at radius 3 is 2.67 bits per heavy atom. The van der Waals surface area contributed by atoms with Crippen molar-refractivity contribution in [2.45, 2.75) is 38.3 Å². The zero-order valence-electron chi connectivity index (χ0n) is 18.1. The summed E-state index contributed by atoms with van der Waals surface area (Å²) in [6, 6.07) is 8.73. The lowest BCUT2D eigenvalue weighted by molar-refractivity contribution is 0.179. The quantitative estimate of drug-likeness (QED) is 0.496. The molecular weight excluding hydrogens is 394 g/mol. The number of piperidine rings is 1. The number of furan rings is 1. The van der Waals surface area contributed by atoms with E-state index in [-0.39, 0.29) is 6.04 Å². The van der Waals surface area contributed by atoms with E-state index in [4.69, 9.17) is 4.42 Å². The van der Waals surface area contributed by atoms with Crippen molar-refractivity contribution in [1.29, 1.82) is 0 Å². The minimum absolute atomic E-state index is 0.265. The number of likely N-dealkylation sites (tertiary alicyclic amines) is 2. The van der Waals surface area contributed by atoms with Crippen LogP contribution in [0.4, 0.5) is 0 Å². The number of nitrogens with one attached hydrogen (secondary N) is 2. The lowest BCUT2D eigenvalue weighted by atomic mass is 9.97. The van der Waals surface area contributed by atoms with Gasteiger partial charge in [0.15, 0.2) is 5.96 Å². The van der Waals surface area contributed by atoms with Gasteiger partial charge in [0.25, 0.3) is 0 Å². The van der Waals surface area contributed by atoms with Crippen LogP contribution in [0.5, 0.6) is 0 Å². The number of aliphatic imine (C=N–C) groups is 1. The Kier molecular flexibility index (Phi) is 7.83. The normalized spacial score (nSPS) is 20.5. The first-order valence-corrected chi connectivity index (χ1v) is 12.2. The highest BCUT2D eigenvalue weighted by atomic mass is 32.1. The zero-order chi connectivity index (χ0) is 20.6. The van der Waals surface area contributed by atoms with Gasteiger partial charge in [-0.25, -0.2) is 0 Å². The number of rotatable bonds is 8. The first-order chi connectivity index (χ1) is 14.8. The van der Waals surface area contributed by atoms with Gasteiger partial charge in [-0.2, -0.15) is 0 Å². The van der Waals surface area contributed by atoms with Crippen molar-refractivity contribution in [1.82, 2.24) is 20.4 Å². The summed E-state index contributed by atoms with van der Waals surface area (Å²) in [5.74, 6) is 2.65. The molecule has 6 nitrogen and oxygen atoms in total. The molecule has 2 N–H and O–H groups in total. The van der Waals surface area contributed by atoms with Crippen LogP contribution in [-0.4, -0.2) is 62.1 Å². The van der Waals surface area contributed by atoms with E-state index >= 15 is 0 Å². The summed E-state index contributed by atoms with van der Waals surface area (Å²) in [4.78, 5) is 11.0. The molecule has 0 aliphatic carbocycles. The smallest absolute Gasteiger partial charge is 0.191 e. The van der Waals surface area contributed by atoms with Crippen molar-refractivity contribution in [2.24, 2.45) is 10.9 Å². The molecule has 164 valence electrons. The summed E-state index contributed by atoms with van der Waals surface area (Å²) >= 11 is 1.86. The Hall–Kier alpha value is -1.83. The fourth-order valence-corrected chi connectivity index (χ4v) is 5.32. The molecule has 2 saturated heterocycles. The van der Waals surface area contributed by atoms with Crippen LogP contribution in [0.25, 0.3) is 0 Å². The number of hydrogen-bond donors (Lipinski definition) is 2. The molecule has 2 aliphatic heterocycles. The predicted molar refractivity (Wildman–Crippen MR) is 124 cm³/mol. The fourth-order valence-electron chi connectivity index (χ4n) is 4.57. The Balaban J connectivity index is 1.20. The van der Waals surface area contributed by atoms with E-state index in [1.54, 1.807) is 6.26 Å².